The Labute approximate surface area is 88.7 Å². The number of hydrogen-bond acceptors (Lipinski definition) is 2. The molecule has 0 heterocycles. The van der Waals surface area contributed by atoms with Crippen molar-refractivity contribution in [3.63, 3.8) is 0 Å². The summed E-state index contributed by atoms with van der Waals surface area (Å²) in [6.45, 7) is 7.49. The molecular weight excluding hydrogens is 176 g/mol. The van der Waals surface area contributed by atoms with Gasteiger partial charge in [-0.15, -0.1) is 0 Å². The van der Waals surface area contributed by atoms with E-state index in [1.807, 2.05) is 0 Å². The standard InChI is InChI=1S/C12H26O2/c1-12(2,3)14-11-9-7-5-4-6-8-10-13/h13H,4-11H2,1-3H3. The lowest BCUT2D eigenvalue weighted by atomic mass is 10.1. The van der Waals surface area contributed by atoms with E-state index < -0.39 is 0 Å². The summed E-state index contributed by atoms with van der Waals surface area (Å²) in [5.41, 5.74) is 0.0108. The first-order valence-corrected chi connectivity index (χ1v) is 5.81. The maximum atomic E-state index is 8.58. The molecule has 0 radical (unpaired) electrons. The highest BCUT2D eigenvalue weighted by Crippen LogP contribution is 2.10. The molecule has 0 saturated heterocycles. The van der Waals surface area contributed by atoms with Crippen molar-refractivity contribution in [1.29, 1.82) is 0 Å². The molecule has 0 aromatic carbocycles. The molecular formula is C12H26O2. The summed E-state index contributed by atoms with van der Waals surface area (Å²) >= 11 is 0. The summed E-state index contributed by atoms with van der Waals surface area (Å²) in [4.78, 5) is 0. The number of hydrogen-bond donors (Lipinski definition) is 1. The van der Waals surface area contributed by atoms with E-state index in [4.69, 9.17) is 9.84 Å². The molecule has 0 bridgehead atoms. The average molecular weight is 202 g/mol. The molecule has 0 aromatic rings. The second-order valence-electron chi connectivity index (χ2n) is 4.81. The third kappa shape index (κ3) is 11.9. The van der Waals surface area contributed by atoms with Crippen LogP contribution in [0.4, 0.5) is 0 Å². The lowest BCUT2D eigenvalue weighted by Gasteiger charge is -2.19. The van der Waals surface area contributed by atoms with Gasteiger partial charge in [0.2, 0.25) is 0 Å². The number of unbranched alkanes of at least 4 members (excludes halogenated alkanes) is 5. The topological polar surface area (TPSA) is 29.5 Å². The van der Waals surface area contributed by atoms with Gasteiger partial charge in [0.25, 0.3) is 0 Å². The third-order valence-electron chi connectivity index (χ3n) is 2.09. The molecule has 0 aliphatic rings. The highest BCUT2D eigenvalue weighted by atomic mass is 16.5. The smallest absolute Gasteiger partial charge is 0.0598 e. The van der Waals surface area contributed by atoms with Gasteiger partial charge in [0.15, 0.2) is 0 Å². The Balaban J connectivity index is 2.99. The molecule has 2 heteroatoms. The first-order valence-electron chi connectivity index (χ1n) is 5.81. The zero-order chi connectivity index (χ0) is 10.9. The van der Waals surface area contributed by atoms with E-state index in [-0.39, 0.29) is 5.60 Å². The van der Waals surface area contributed by atoms with E-state index in [1.54, 1.807) is 0 Å². The monoisotopic (exact) mass is 202 g/mol. The molecule has 0 aliphatic heterocycles. The molecule has 0 atom stereocenters. The predicted octanol–water partition coefficient (Wildman–Crippen LogP) is 3.13. The zero-order valence-corrected chi connectivity index (χ0v) is 10.0. The molecule has 2 nitrogen and oxygen atoms in total. The second-order valence-corrected chi connectivity index (χ2v) is 4.81. The molecule has 0 rings (SSSR count). The normalized spacial score (nSPS) is 12.0. The first kappa shape index (κ1) is 13.9. The van der Waals surface area contributed by atoms with Gasteiger partial charge >= 0.3 is 0 Å². The third-order valence-corrected chi connectivity index (χ3v) is 2.09. The molecule has 1 N–H and O–H groups in total. The number of ether oxygens (including phenoxy) is 1. The zero-order valence-electron chi connectivity index (χ0n) is 10.0. The minimum Gasteiger partial charge on any atom is -0.396 e. The molecule has 0 amide bonds. The summed E-state index contributed by atoms with van der Waals surface area (Å²) < 4.78 is 5.62. The molecule has 0 aliphatic carbocycles. The molecule has 0 saturated carbocycles. The van der Waals surface area contributed by atoms with E-state index in [9.17, 15) is 0 Å². The Kier molecular flexibility index (Phi) is 8.20. The van der Waals surface area contributed by atoms with Crippen LogP contribution in [0, 0.1) is 0 Å². The fourth-order valence-electron chi connectivity index (χ4n) is 1.30. The summed E-state index contributed by atoms with van der Waals surface area (Å²) in [7, 11) is 0. The Hall–Kier alpha value is -0.0800. The maximum Gasteiger partial charge on any atom is 0.0598 e. The van der Waals surface area contributed by atoms with Gasteiger partial charge in [0.05, 0.1) is 5.60 Å². The second kappa shape index (κ2) is 8.25. The van der Waals surface area contributed by atoms with Crippen molar-refractivity contribution in [1.82, 2.24) is 0 Å². The number of aliphatic hydroxyl groups excluding tert-OH is 1. The van der Waals surface area contributed by atoms with Gasteiger partial charge in [-0.2, -0.15) is 0 Å². The lowest BCUT2D eigenvalue weighted by Crippen LogP contribution is -2.19. The Morgan fingerprint density at radius 2 is 1.36 bits per heavy atom. The minimum atomic E-state index is 0.0108. The van der Waals surface area contributed by atoms with Crippen molar-refractivity contribution in [3.8, 4) is 0 Å². The summed E-state index contributed by atoms with van der Waals surface area (Å²) in [6.07, 6.45) is 7.05. The SMILES string of the molecule is CC(C)(C)OCCCCCCCCO. The summed E-state index contributed by atoms with van der Waals surface area (Å²) in [5.74, 6) is 0. The number of aliphatic hydroxyl groups is 1. The van der Waals surface area contributed by atoms with Crippen LogP contribution in [-0.2, 0) is 4.74 Å². The Morgan fingerprint density at radius 1 is 0.857 bits per heavy atom. The van der Waals surface area contributed by atoms with Crippen LogP contribution in [0.25, 0.3) is 0 Å². The van der Waals surface area contributed by atoms with Gasteiger partial charge in [-0.3, -0.25) is 0 Å². The average Bonchev–Trinajstić information content (AvgIpc) is 2.08. The Bertz CT molecular complexity index is 116. The molecule has 0 spiro atoms. The van der Waals surface area contributed by atoms with Gasteiger partial charge in [-0.25, -0.2) is 0 Å². The van der Waals surface area contributed by atoms with Crippen LogP contribution in [0.1, 0.15) is 59.3 Å². The predicted molar refractivity (Wildman–Crippen MR) is 60.5 cm³/mol. The van der Waals surface area contributed by atoms with Crippen LogP contribution in [-0.4, -0.2) is 23.9 Å². The van der Waals surface area contributed by atoms with Crippen molar-refractivity contribution in [2.45, 2.75) is 64.9 Å². The van der Waals surface area contributed by atoms with Crippen LogP contribution >= 0.6 is 0 Å². The van der Waals surface area contributed by atoms with E-state index in [0.29, 0.717) is 6.61 Å². The van der Waals surface area contributed by atoms with E-state index in [2.05, 4.69) is 20.8 Å². The Morgan fingerprint density at radius 3 is 1.86 bits per heavy atom. The largest absolute Gasteiger partial charge is 0.396 e. The van der Waals surface area contributed by atoms with Crippen molar-refractivity contribution in [3.05, 3.63) is 0 Å². The molecule has 0 fully saturated rings. The highest BCUT2D eigenvalue weighted by molar-refractivity contribution is 4.58. The van der Waals surface area contributed by atoms with Gasteiger partial charge in [-0.1, -0.05) is 25.7 Å². The van der Waals surface area contributed by atoms with Gasteiger partial charge in [0.1, 0.15) is 0 Å². The van der Waals surface area contributed by atoms with Gasteiger partial charge < -0.3 is 9.84 Å². The van der Waals surface area contributed by atoms with Crippen molar-refractivity contribution < 1.29 is 9.84 Å². The molecule has 14 heavy (non-hydrogen) atoms. The van der Waals surface area contributed by atoms with Crippen LogP contribution < -0.4 is 0 Å². The fourth-order valence-corrected chi connectivity index (χ4v) is 1.30. The fraction of sp³-hybridized carbons (Fsp3) is 1.00. The highest BCUT2D eigenvalue weighted by Gasteiger charge is 2.08. The summed E-state index contributed by atoms with van der Waals surface area (Å²) in [6, 6.07) is 0. The van der Waals surface area contributed by atoms with Crippen molar-refractivity contribution in [2.24, 2.45) is 0 Å². The molecule has 86 valence electrons. The van der Waals surface area contributed by atoms with Crippen molar-refractivity contribution in [2.75, 3.05) is 13.2 Å². The summed E-state index contributed by atoms with van der Waals surface area (Å²) in [5, 5.41) is 8.58. The van der Waals surface area contributed by atoms with E-state index >= 15 is 0 Å². The van der Waals surface area contributed by atoms with Crippen LogP contribution in [0.3, 0.4) is 0 Å². The van der Waals surface area contributed by atoms with Crippen LogP contribution in [0.5, 0.6) is 0 Å². The van der Waals surface area contributed by atoms with E-state index in [1.165, 1.54) is 19.3 Å². The maximum absolute atomic E-state index is 8.58. The van der Waals surface area contributed by atoms with Gasteiger partial charge in [-0.05, 0) is 33.6 Å². The van der Waals surface area contributed by atoms with Crippen LogP contribution in [0.2, 0.25) is 0 Å². The van der Waals surface area contributed by atoms with Gasteiger partial charge in [0, 0.05) is 13.2 Å². The van der Waals surface area contributed by atoms with E-state index in [0.717, 1.165) is 25.9 Å². The molecule has 0 aromatic heterocycles. The first-order chi connectivity index (χ1) is 6.56. The van der Waals surface area contributed by atoms with Crippen LogP contribution in [0.15, 0.2) is 0 Å². The minimum absolute atomic E-state index is 0.0108. The number of rotatable bonds is 8. The van der Waals surface area contributed by atoms with Crippen molar-refractivity contribution >= 4 is 0 Å². The lowest BCUT2D eigenvalue weighted by molar-refractivity contribution is -0.00475. The quantitative estimate of drug-likeness (QED) is 0.613. The molecule has 0 unspecified atom stereocenters.